The molecule has 0 bridgehead atoms. The molecule has 1 aromatic rings. The van der Waals surface area contributed by atoms with Crippen molar-refractivity contribution in [2.45, 2.75) is 18.4 Å². The lowest BCUT2D eigenvalue weighted by atomic mass is 10.4. The van der Waals surface area contributed by atoms with E-state index in [1.54, 1.807) is 6.92 Å². The third-order valence-electron chi connectivity index (χ3n) is 2.20. The summed E-state index contributed by atoms with van der Waals surface area (Å²) in [5.41, 5.74) is 4.99. The van der Waals surface area contributed by atoms with E-state index < -0.39 is 11.8 Å². The van der Waals surface area contributed by atoms with E-state index in [0.717, 1.165) is 11.8 Å². The van der Waals surface area contributed by atoms with Gasteiger partial charge in [-0.05, 0) is 0 Å². The number of anilines is 1. The highest BCUT2D eigenvalue weighted by Gasteiger charge is 2.18. The Labute approximate surface area is 119 Å². The van der Waals surface area contributed by atoms with Crippen LogP contribution in [0.5, 0.6) is 5.88 Å². The molecule has 0 saturated heterocycles. The van der Waals surface area contributed by atoms with Crippen LogP contribution < -0.4 is 15.8 Å². The van der Waals surface area contributed by atoms with Gasteiger partial charge in [-0.15, -0.1) is 0 Å². The molecule has 1 heterocycles. The van der Waals surface area contributed by atoms with Crippen molar-refractivity contribution in [3.63, 3.8) is 0 Å². The highest BCUT2D eigenvalue weighted by atomic mass is 32.2. The van der Waals surface area contributed by atoms with Crippen molar-refractivity contribution in [3.05, 3.63) is 6.33 Å². The molecule has 9 heteroatoms. The van der Waals surface area contributed by atoms with Gasteiger partial charge in [-0.1, -0.05) is 18.7 Å². The molecular formula is C11H14N4O4S. The van der Waals surface area contributed by atoms with Gasteiger partial charge in [0.15, 0.2) is 0 Å². The Morgan fingerprint density at radius 2 is 2.10 bits per heavy atom. The fraction of sp³-hybridized carbons (Fsp3) is 0.364. The van der Waals surface area contributed by atoms with Crippen molar-refractivity contribution in [3.8, 4) is 5.88 Å². The summed E-state index contributed by atoms with van der Waals surface area (Å²) in [6.45, 7) is 1.75. The Balaban J connectivity index is 3.00. The third-order valence-corrected chi connectivity index (χ3v) is 3.25. The van der Waals surface area contributed by atoms with Crippen LogP contribution in [0.3, 0.4) is 0 Å². The Morgan fingerprint density at radius 3 is 2.65 bits per heavy atom. The van der Waals surface area contributed by atoms with Crippen LogP contribution in [0, 0.1) is 0 Å². The maximum Gasteiger partial charge on any atom is 0.313 e. The third kappa shape index (κ3) is 4.19. The minimum absolute atomic E-state index is 0.0276. The number of hydrogen-bond donors (Lipinski definition) is 2. The number of Topliss-reactive ketones (excluding diaryl/α,β-unsaturated/α-hetero) is 1. The molecule has 0 spiro atoms. The minimum atomic E-state index is -1.14. The number of aromatic nitrogens is 2. The number of primary amides is 1. The maximum atomic E-state index is 11.4. The van der Waals surface area contributed by atoms with E-state index in [1.165, 1.54) is 13.4 Å². The molecule has 0 unspecified atom stereocenters. The van der Waals surface area contributed by atoms with Gasteiger partial charge in [0.2, 0.25) is 5.88 Å². The normalized spacial score (nSPS) is 9.90. The maximum absolute atomic E-state index is 11.4. The lowest BCUT2D eigenvalue weighted by Crippen LogP contribution is -2.30. The molecule has 2 amide bonds. The van der Waals surface area contributed by atoms with Crippen LogP contribution in [0.15, 0.2) is 11.4 Å². The molecular weight excluding hydrogens is 284 g/mol. The molecule has 8 nitrogen and oxygen atoms in total. The quantitative estimate of drug-likeness (QED) is 0.429. The number of methoxy groups -OCH3 is 1. The fourth-order valence-corrected chi connectivity index (χ4v) is 2.06. The van der Waals surface area contributed by atoms with E-state index in [1.807, 2.05) is 0 Å². The summed E-state index contributed by atoms with van der Waals surface area (Å²) >= 11 is 1.12. The SMILES string of the molecule is CCC(=O)CSc1ncnc(OC)c1NC(=O)C(N)=O. The summed E-state index contributed by atoms with van der Waals surface area (Å²) in [6.07, 6.45) is 1.63. The van der Waals surface area contributed by atoms with Gasteiger partial charge in [-0.3, -0.25) is 14.4 Å². The number of rotatable bonds is 6. The number of amides is 2. The molecule has 1 aromatic heterocycles. The first-order chi connectivity index (χ1) is 9.49. The average molecular weight is 298 g/mol. The van der Waals surface area contributed by atoms with E-state index in [0.29, 0.717) is 11.4 Å². The van der Waals surface area contributed by atoms with E-state index in [4.69, 9.17) is 10.5 Å². The molecule has 0 radical (unpaired) electrons. The zero-order chi connectivity index (χ0) is 15.1. The average Bonchev–Trinajstić information content (AvgIpc) is 2.45. The van der Waals surface area contributed by atoms with Gasteiger partial charge in [-0.2, -0.15) is 4.98 Å². The smallest absolute Gasteiger partial charge is 0.313 e. The standard InChI is InChI=1S/C11H14N4O4S/c1-3-6(16)4-20-11-7(15-9(18)8(12)17)10(19-2)13-5-14-11/h5H,3-4H2,1-2H3,(H2,12,17)(H,15,18). The summed E-state index contributed by atoms with van der Waals surface area (Å²) < 4.78 is 4.98. The van der Waals surface area contributed by atoms with E-state index in [9.17, 15) is 14.4 Å². The van der Waals surface area contributed by atoms with E-state index in [2.05, 4.69) is 15.3 Å². The minimum Gasteiger partial charge on any atom is -0.479 e. The van der Waals surface area contributed by atoms with Gasteiger partial charge < -0.3 is 15.8 Å². The van der Waals surface area contributed by atoms with Crippen molar-refractivity contribution < 1.29 is 19.1 Å². The van der Waals surface area contributed by atoms with Gasteiger partial charge in [0.1, 0.15) is 22.8 Å². The molecule has 20 heavy (non-hydrogen) atoms. The topological polar surface area (TPSA) is 124 Å². The number of nitrogens with zero attached hydrogens (tertiary/aromatic N) is 2. The summed E-state index contributed by atoms with van der Waals surface area (Å²) in [6, 6.07) is 0. The molecule has 3 N–H and O–H groups in total. The number of carbonyl (C=O) groups is 3. The second-order valence-corrected chi connectivity index (χ2v) is 4.53. The number of hydrogen-bond acceptors (Lipinski definition) is 7. The molecule has 0 atom stereocenters. The zero-order valence-corrected chi connectivity index (χ0v) is 11.8. The van der Waals surface area contributed by atoms with Crippen molar-refractivity contribution in [2.24, 2.45) is 5.73 Å². The summed E-state index contributed by atoms with van der Waals surface area (Å²) in [5, 5.41) is 2.60. The molecule has 0 aliphatic carbocycles. The molecule has 0 aliphatic heterocycles. The molecule has 0 aromatic carbocycles. The van der Waals surface area contributed by atoms with Crippen LogP contribution in [0.4, 0.5) is 5.69 Å². The van der Waals surface area contributed by atoms with Gasteiger partial charge in [0.25, 0.3) is 0 Å². The van der Waals surface area contributed by atoms with Crippen LogP contribution in [0.25, 0.3) is 0 Å². The molecule has 0 fully saturated rings. The van der Waals surface area contributed by atoms with Gasteiger partial charge in [-0.25, -0.2) is 4.98 Å². The van der Waals surface area contributed by atoms with E-state index in [-0.39, 0.29) is 23.1 Å². The lowest BCUT2D eigenvalue weighted by Gasteiger charge is -2.11. The first-order valence-corrected chi connectivity index (χ1v) is 6.62. The van der Waals surface area contributed by atoms with Crippen LogP contribution in [0.2, 0.25) is 0 Å². The summed E-state index contributed by atoms with van der Waals surface area (Å²) in [5.74, 6) is -1.85. The first-order valence-electron chi connectivity index (χ1n) is 5.63. The number of thioether (sulfide) groups is 1. The molecule has 1 rings (SSSR count). The highest BCUT2D eigenvalue weighted by molar-refractivity contribution is 8.00. The number of nitrogens with two attached hydrogens (primary N) is 1. The molecule has 0 saturated carbocycles. The van der Waals surface area contributed by atoms with Gasteiger partial charge in [0.05, 0.1) is 12.9 Å². The largest absolute Gasteiger partial charge is 0.479 e. The summed E-state index contributed by atoms with van der Waals surface area (Å²) in [4.78, 5) is 41.3. The highest BCUT2D eigenvalue weighted by Crippen LogP contribution is 2.31. The monoisotopic (exact) mass is 298 g/mol. The number of ketones is 1. The number of ether oxygens (including phenoxy) is 1. The Hall–Kier alpha value is -2.16. The molecule has 108 valence electrons. The fourth-order valence-electron chi connectivity index (χ4n) is 1.15. The van der Waals surface area contributed by atoms with Crippen molar-refractivity contribution in [2.75, 3.05) is 18.2 Å². The Morgan fingerprint density at radius 1 is 1.40 bits per heavy atom. The van der Waals surface area contributed by atoms with Crippen LogP contribution in [0.1, 0.15) is 13.3 Å². The zero-order valence-electron chi connectivity index (χ0n) is 11.0. The number of carbonyl (C=O) groups excluding carboxylic acids is 3. The predicted molar refractivity (Wildman–Crippen MR) is 72.4 cm³/mol. The summed E-state index contributed by atoms with van der Waals surface area (Å²) in [7, 11) is 1.36. The first kappa shape index (κ1) is 15.9. The van der Waals surface area contributed by atoms with E-state index >= 15 is 0 Å². The van der Waals surface area contributed by atoms with Gasteiger partial charge >= 0.3 is 11.8 Å². The van der Waals surface area contributed by atoms with Crippen LogP contribution in [-0.4, -0.2) is 40.4 Å². The van der Waals surface area contributed by atoms with Crippen molar-refractivity contribution >= 4 is 35.0 Å². The van der Waals surface area contributed by atoms with Crippen LogP contribution >= 0.6 is 11.8 Å². The Kier molecular flexibility index (Phi) is 5.91. The predicted octanol–water partition coefficient (Wildman–Crippen LogP) is -0.0198. The Bertz CT molecular complexity index is 535. The van der Waals surface area contributed by atoms with Gasteiger partial charge in [0, 0.05) is 6.42 Å². The second kappa shape index (κ2) is 7.43. The van der Waals surface area contributed by atoms with Crippen LogP contribution in [-0.2, 0) is 14.4 Å². The number of nitrogens with one attached hydrogen (secondary N) is 1. The van der Waals surface area contributed by atoms with Crippen molar-refractivity contribution in [1.82, 2.24) is 9.97 Å². The lowest BCUT2D eigenvalue weighted by molar-refractivity contribution is -0.134. The molecule has 0 aliphatic rings. The van der Waals surface area contributed by atoms with Crippen molar-refractivity contribution in [1.29, 1.82) is 0 Å². The second-order valence-electron chi connectivity index (χ2n) is 3.56.